The van der Waals surface area contributed by atoms with Crippen molar-refractivity contribution in [3.63, 3.8) is 0 Å². The van der Waals surface area contributed by atoms with Crippen LogP contribution in [0.3, 0.4) is 0 Å². The highest BCUT2D eigenvalue weighted by Gasteiger charge is 2.15. The number of rotatable bonds is 6. The van der Waals surface area contributed by atoms with Crippen LogP contribution in [0, 0.1) is 0 Å². The molecule has 9 heteroatoms. The number of anilines is 1. The van der Waals surface area contributed by atoms with E-state index in [1.807, 2.05) is 6.92 Å². The van der Waals surface area contributed by atoms with Gasteiger partial charge in [0.15, 0.2) is 0 Å². The first-order valence-corrected chi connectivity index (χ1v) is 6.93. The summed E-state index contributed by atoms with van der Waals surface area (Å²) in [5, 5.41) is 9.73. The van der Waals surface area contributed by atoms with E-state index in [0.29, 0.717) is 6.54 Å². The minimum atomic E-state index is -0.486. The van der Waals surface area contributed by atoms with Gasteiger partial charge in [-0.2, -0.15) is 20.1 Å². The number of aromatic nitrogens is 5. The smallest absolute Gasteiger partial charge is 0.256 e. The number of halogens is 1. The lowest BCUT2D eigenvalue weighted by atomic mass is 10.3. The molecule has 0 saturated carbocycles. The predicted molar refractivity (Wildman–Crippen MR) is 78.3 cm³/mol. The van der Waals surface area contributed by atoms with E-state index < -0.39 is 6.04 Å². The lowest BCUT2D eigenvalue weighted by Crippen LogP contribution is -2.38. The normalized spacial score (nSPS) is 12.0. The van der Waals surface area contributed by atoms with Crippen molar-refractivity contribution >= 4 is 23.5 Å². The van der Waals surface area contributed by atoms with Crippen LogP contribution in [0.4, 0.5) is 5.95 Å². The molecule has 1 amide bonds. The molecule has 2 N–H and O–H groups in total. The number of carbonyl (C=O) groups is 1. The van der Waals surface area contributed by atoms with Crippen molar-refractivity contribution in [2.24, 2.45) is 0 Å². The number of hydrogen-bond acceptors (Lipinski definition) is 6. The standard InChI is InChI=1S/C12H16ClN7O/c1-3-5-14-9(21)8(2)16-11-17-10(13)18-12(19-11)20-7-4-6-15-20/h4,6-8H,3,5H2,1-2H3,(H,14,21)(H,16,17,18,19). The Hall–Kier alpha value is -2.22. The number of hydrogen-bond donors (Lipinski definition) is 2. The van der Waals surface area contributed by atoms with Gasteiger partial charge in [0.1, 0.15) is 6.04 Å². The molecule has 0 spiro atoms. The third kappa shape index (κ3) is 4.12. The van der Waals surface area contributed by atoms with Crippen LogP contribution in [0.25, 0.3) is 5.95 Å². The van der Waals surface area contributed by atoms with E-state index in [1.54, 1.807) is 25.4 Å². The number of carbonyl (C=O) groups excluding carboxylic acids is 1. The van der Waals surface area contributed by atoms with Gasteiger partial charge in [-0.3, -0.25) is 4.79 Å². The first kappa shape index (κ1) is 15.2. The topological polar surface area (TPSA) is 97.6 Å². The Labute approximate surface area is 127 Å². The monoisotopic (exact) mass is 309 g/mol. The lowest BCUT2D eigenvalue weighted by Gasteiger charge is -2.14. The second kappa shape index (κ2) is 6.98. The zero-order valence-electron chi connectivity index (χ0n) is 11.7. The average molecular weight is 310 g/mol. The highest BCUT2D eigenvalue weighted by molar-refractivity contribution is 6.28. The maximum atomic E-state index is 11.8. The van der Waals surface area contributed by atoms with Crippen molar-refractivity contribution in [2.45, 2.75) is 26.3 Å². The van der Waals surface area contributed by atoms with Crippen LogP contribution in [0.5, 0.6) is 0 Å². The lowest BCUT2D eigenvalue weighted by molar-refractivity contribution is -0.121. The van der Waals surface area contributed by atoms with Gasteiger partial charge in [0.05, 0.1) is 0 Å². The fourth-order valence-electron chi connectivity index (χ4n) is 1.55. The summed E-state index contributed by atoms with van der Waals surface area (Å²) in [5.41, 5.74) is 0. The number of amides is 1. The van der Waals surface area contributed by atoms with Gasteiger partial charge in [0.25, 0.3) is 5.95 Å². The molecular weight excluding hydrogens is 294 g/mol. The molecule has 0 saturated heterocycles. The third-order valence-corrected chi connectivity index (χ3v) is 2.76. The molecule has 112 valence electrons. The van der Waals surface area contributed by atoms with E-state index in [9.17, 15) is 4.79 Å². The molecule has 0 aliphatic heterocycles. The number of nitrogens with zero attached hydrogens (tertiary/aromatic N) is 5. The van der Waals surface area contributed by atoms with Crippen molar-refractivity contribution in [3.05, 3.63) is 23.7 Å². The van der Waals surface area contributed by atoms with Gasteiger partial charge >= 0.3 is 0 Å². The fourth-order valence-corrected chi connectivity index (χ4v) is 1.71. The van der Waals surface area contributed by atoms with Gasteiger partial charge in [-0.1, -0.05) is 6.92 Å². The SMILES string of the molecule is CCCNC(=O)C(C)Nc1nc(Cl)nc(-n2cccn2)n1. The zero-order valence-corrected chi connectivity index (χ0v) is 12.5. The van der Waals surface area contributed by atoms with Crippen molar-refractivity contribution in [1.82, 2.24) is 30.0 Å². The molecule has 2 rings (SSSR count). The summed E-state index contributed by atoms with van der Waals surface area (Å²) in [6.45, 7) is 4.33. The summed E-state index contributed by atoms with van der Waals surface area (Å²) in [6, 6.07) is 1.26. The van der Waals surface area contributed by atoms with E-state index in [4.69, 9.17) is 11.6 Å². The minimum Gasteiger partial charge on any atom is -0.354 e. The second-order valence-electron chi connectivity index (χ2n) is 4.34. The van der Waals surface area contributed by atoms with E-state index in [-0.39, 0.29) is 23.1 Å². The second-order valence-corrected chi connectivity index (χ2v) is 4.67. The van der Waals surface area contributed by atoms with Crippen LogP contribution < -0.4 is 10.6 Å². The van der Waals surface area contributed by atoms with Crippen LogP contribution in [0.1, 0.15) is 20.3 Å². The van der Waals surface area contributed by atoms with E-state index in [0.717, 1.165) is 6.42 Å². The Morgan fingerprint density at radius 1 is 1.43 bits per heavy atom. The van der Waals surface area contributed by atoms with E-state index in [2.05, 4.69) is 30.7 Å². The largest absolute Gasteiger partial charge is 0.354 e. The Morgan fingerprint density at radius 3 is 2.90 bits per heavy atom. The first-order chi connectivity index (χ1) is 10.1. The van der Waals surface area contributed by atoms with Gasteiger partial charge in [-0.05, 0) is 31.0 Å². The Morgan fingerprint density at radius 2 is 2.24 bits per heavy atom. The van der Waals surface area contributed by atoms with Crippen molar-refractivity contribution < 1.29 is 4.79 Å². The van der Waals surface area contributed by atoms with Gasteiger partial charge in [-0.15, -0.1) is 0 Å². The van der Waals surface area contributed by atoms with Gasteiger partial charge in [0, 0.05) is 18.9 Å². The summed E-state index contributed by atoms with van der Waals surface area (Å²) < 4.78 is 1.46. The maximum absolute atomic E-state index is 11.8. The van der Waals surface area contributed by atoms with Gasteiger partial charge < -0.3 is 10.6 Å². The van der Waals surface area contributed by atoms with Crippen molar-refractivity contribution in [3.8, 4) is 5.95 Å². The minimum absolute atomic E-state index is 0.0270. The summed E-state index contributed by atoms with van der Waals surface area (Å²) in [5.74, 6) is 0.373. The Balaban J connectivity index is 2.11. The van der Waals surface area contributed by atoms with Crippen LogP contribution in [0.15, 0.2) is 18.5 Å². The molecule has 21 heavy (non-hydrogen) atoms. The summed E-state index contributed by atoms with van der Waals surface area (Å²) >= 11 is 5.87. The molecule has 0 fully saturated rings. The highest BCUT2D eigenvalue weighted by atomic mass is 35.5. The first-order valence-electron chi connectivity index (χ1n) is 6.56. The van der Waals surface area contributed by atoms with Crippen molar-refractivity contribution in [1.29, 1.82) is 0 Å². The van der Waals surface area contributed by atoms with Crippen LogP contribution in [-0.4, -0.2) is 43.2 Å². The molecule has 8 nitrogen and oxygen atoms in total. The summed E-state index contributed by atoms with van der Waals surface area (Å²) in [4.78, 5) is 23.9. The molecule has 1 unspecified atom stereocenters. The molecule has 1 atom stereocenters. The molecule has 0 aromatic carbocycles. The highest BCUT2D eigenvalue weighted by Crippen LogP contribution is 2.09. The summed E-state index contributed by atoms with van der Waals surface area (Å²) in [6.07, 6.45) is 4.16. The Kier molecular flexibility index (Phi) is 5.04. The van der Waals surface area contributed by atoms with Crippen LogP contribution in [-0.2, 0) is 4.79 Å². The molecule has 0 aliphatic carbocycles. The molecule has 0 radical (unpaired) electrons. The molecule has 2 aromatic rings. The molecule has 0 aliphatic rings. The maximum Gasteiger partial charge on any atom is 0.256 e. The van der Waals surface area contributed by atoms with Crippen molar-refractivity contribution in [2.75, 3.05) is 11.9 Å². The fraction of sp³-hybridized carbons (Fsp3) is 0.417. The van der Waals surface area contributed by atoms with E-state index >= 15 is 0 Å². The molecule has 0 bridgehead atoms. The predicted octanol–water partition coefficient (Wildman–Crippen LogP) is 1.04. The van der Waals surface area contributed by atoms with E-state index in [1.165, 1.54) is 4.68 Å². The molecule has 2 aromatic heterocycles. The van der Waals surface area contributed by atoms with Gasteiger partial charge in [0.2, 0.25) is 17.1 Å². The van der Waals surface area contributed by atoms with Crippen LogP contribution >= 0.6 is 11.6 Å². The summed E-state index contributed by atoms with van der Waals surface area (Å²) in [7, 11) is 0. The molecular formula is C12H16ClN7O. The van der Waals surface area contributed by atoms with Crippen LogP contribution in [0.2, 0.25) is 5.28 Å². The zero-order chi connectivity index (χ0) is 15.2. The third-order valence-electron chi connectivity index (χ3n) is 2.59. The average Bonchev–Trinajstić information content (AvgIpc) is 2.98. The van der Waals surface area contributed by atoms with Gasteiger partial charge in [-0.25, -0.2) is 4.68 Å². The quantitative estimate of drug-likeness (QED) is 0.827. The molecule has 2 heterocycles. The number of nitrogens with one attached hydrogen (secondary N) is 2. The Bertz CT molecular complexity index is 602.